The molecule has 1 amide bonds. The maximum absolute atomic E-state index is 11.9. The van der Waals surface area contributed by atoms with Crippen molar-refractivity contribution in [3.63, 3.8) is 0 Å². The Balaban J connectivity index is 1.56. The summed E-state index contributed by atoms with van der Waals surface area (Å²) in [6, 6.07) is 12.7. The molecule has 1 heterocycles. The molecule has 0 aliphatic carbocycles. The molecule has 5 nitrogen and oxygen atoms in total. The molecule has 3 rings (SSSR count). The summed E-state index contributed by atoms with van der Waals surface area (Å²) in [5.74, 6) is 1.93. The van der Waals surface area contributed by atoms with E-state index in [0.717, 1.165) is 17.1 Å². The van der Waals surface area contributed by atoms with Crippen molar-refractivity contribution in [3.05, 3.63) is 58.0 Å². The smallest absolute Gasteiger partial charge is 0.263 e. The first-order chi connectivity index (χ1) is 13.5. The molecular weight excluding hydrogens is 418 g/mol. The summed E-state index contributed by atoms with van der Waals surface area (Å²) >= 11 is 12.3. The van der Waals surface area contributed by atoms with Gasteiger partial charge in [0.25, 0.3) is 5.91 Å². The summed E-state index contributed by atoms with van der Waals surface area (Å²) in [6.07, 6.45) is 2.42. The molecule has 1 N–H and O–H groups in total. The maximum Gasteiger partial charge on any atom is 0.263 e. The lowest BCUT2D eigenvalue weighted by Crippen LogP contribution is -2.17. The van der Waals surface area contributed by atoms with Crippen molar-refractivity contribution in [2.45, 2.75) is 6.42 Å². The fraction of sp³-hybridized carbons (Fsp3) is 0.200. The van der Waals surface area contributed by atoms with Gasteiger partial charge in [-0.25, -0.2) is 0 Å². The van der Waals surface area contributed by atoms with E-state index in [0.29, 0.717) is 39.6 Å². The lowest BCUT2D eigenvalue weighted by molar-refractivity contribution is -0.115. The molecule has 1 aliphatic rings. The Morgan fingerprint density at radius 3 is 2.68 bits per heavy atom. The van der Waals surface area contributed by atoms with Crippen LogP contribution in [0.1, 0.15) is 12.0 Å². The SMILES string of the molecule is COc1cccc(OCCCOc2ccc(Cl)cc2C=C2SC(=S)NC2=O)c1. The second-order valence-electron chi connectivity index (χ2n) is 5.76. The third kappa shape index (κ3) is 5.64. The maximum atomic E-state index is 11.9. The molecule has 0 radical (unpaired) electrons. The molecule has 0 spiro atoms. The monoisotopic (exact) mass is 435 g/mol. The van der Waals surface area contributed by atoms with Crippen LogP contribution in [0.25, 0.3) is 6.08 Å². The van der Waals surface area contributed by atoms with E-state index in [1.165, 1.54) is 11.8 Å². The molecule has 8 heteroatoms. The largest absolute Gasteiger partial charge is 0.497 e. The number of carbonyl (C=O) groups excluding carboxylic acids is 1. The van der Waals surface area contributed by atoms with Gasteiger partial charge in [-0.1, -0.05) is 41.6 Å². The number of hydrogen-bond acceptors (Lipinski definition) is 6. The van der Waals surface area contributed by atoms with Gasteiger partial charge in [0.15, 0.2) is 0 Å². The van der Waals surface area contributed by atoms with Crippen molar-refractivity contribution in [2.24, 2.45) is 0 Å². The van der Waals surface area contributed by atoms with Crippen molar-refractivity contribution < 1.29 is 19.0 Å². The Bertz CT molecular complexity index is 917. The van der Waals surface area contributed by atoms with Gasteiger partial charge < -0.3 is 19.5 Å². The molecular formula is C20H18ClNO4S2. The van der Waals surface area contributed by atoms with Gasteiger partial charge in [-0.2, -0.15) is 0 Å². The predicted octanol–water partition coefficient (Wildman–Crippen LogP) is 4.69. The highest BCUT2D eigenvalue weighted by Gasteiger charge is 2.22. The van der Waals surface area contributed by atoms with Gasteiger partial charge in [-0.05, 0) is 36.4 Å². The van der Waals surface area contributed by atoms with Crippen LogP contribution in [0.2, 0.25) is 5.02 Å². The highest BCUT2D eigenvalue weighted by Crippen LogP contribution is 2.31. The van der Waals surface area contributed by atoms with Gasteiger partial charge in [-0.3, -0.25) is 4.79 Å². The molecule has 28 heavy (non-hydrogen) atoms. The Kier molecular flexibility index (Phi) is 7.19. The molecule has 2 aromatic rings. The highest BCUT2D eigenvalue weighted by atomic mass is 35.5. The molecule has 0 unspecified atom stereocenters. The van der Waals surface area contributed by atoms with Gasteiger partial charge in [0.2, 0.25) is 0 Å². The third-order valence-electron chi connectivity index (χ3n) is 3.76. The van der Waals surface area contributed by atoms with Crippen molar-refractivity contribution in [2.75, 3.05) is 20.3 Å². The highest BCUT2D eigenvalue weighted by molar-refractivity contribution is 8.26. The predicted molar refractivity (Wildman–Crippen MR) is 116 cm³/mol. The summed E-state index contributed by atoms with van der Waals surface area (Å²) in [5, 5.41) is 3.15. The second-order valence-corrected chi connectivity index (χ2v) is 7.92. The van der Waals surface area contributed by atoms with Crippen LogP contribution in [0.4, 0.5) is 0 Å². The lowest BCUT2D eigenvalue weighted by atomic mass is 10.2. The first-order valence-corrected chi connectivity index (χ1v) is 10.1. The molecule has 146 valence electrons. The Morgan fingerprint density at radius 2 is 1.93 bits per heavy atom. The number of benzene rings is 2. The standard InChI is InChI=1S/C20H18ClNO4S2/c1-24-15-4-2-5-16(12-15)25-8-3-9-26-17-7-6-14(21)10-13(17)11-18-19(23)22-20(27)28-18/h2,4-7,10-12H,3,8-9H2,1H3,(H,22,23,27). The number of thioether (sulfide) groups is 1. The van der Waals surface area contributed by atoms with Gasteiger partial charge in [0.1, 0.15) is 21.6 Å². The summed E-state index contributed by atoms with van der Waals surface area (Å²) in [4.78, 5) is 12.4. The minimum atomic E-state index is -0.215. The average molecular weight is 436 g/mol. The zero-order valence-corrected chi connectivity index (χ0v) is 17.5. The van der Waals surface area contributed by atoms with Crippen molar-refractivity contribution in [1.82, 2.24) is 5.32 Å². The number of thiocarbonyl (C=S) groups is 1. The number of methoxy groups -OCH3 is 1. The third-order valence-corrected chi connectivity index (χ3v) is 5.15. The van der Waals surface area contributed by atoms with Crippen molar-refractivity contribution in [1.29, 1.82) is 0 Å². The molecule has 0 saturated carbocycles. The van der Waals surface area contributed by atoms with Gasteiger partial charge in [0, 0.05) is 23.1 Å². The van der Waals surface area contributed by atoms with Crippen LogP contribution >= 0.6 is 35.6 Å². The van der Waals surface area contributed by atoms with E-state index in [1.54, 1.807) is 31.4 Å². The number of nitrogens with one attached hydrogen (secondary N) is 1. The van der Waals surface area contributed by atoms with E-state index in [1.807, 2.05) is 24.3 Å². The van der Waals surface area contributed by atoms with E-state index in [9.17, 15) is 4.79 Å². The van der Waals surface area contributed by atoms with E-state index in [2.05, 4.69) is 5.32 Å². The molecule has 1 saturated heterocycles. The van der Waals surface area contributed by atoms with Crippen LogP contribution in [0.5, 0.6) is 17.2 Å². The summed E-state index contributed by atoms with van der Waals surface area (Å²) < 4.78 is 17.2. The summed E-state index contributed by atoms with van der Waals surface area (Å²) in [5.41, 5.74) is 0.726. The van der Waals surface area contributed by atoms with Crippen LogP contribution in [0.15, 0.2) is 47.4 Å². The number of ether oxygens (including phenoxy) is 3. The van der Waals surface area contributed by atoms with Gasteiger partial charge >= 0.3 is 0 Å². The molecule has 0 aromatic heterocycles. The normalized spacial score (nSPS) is 14.9. The number of rotatable bonds is 8. The van der Waals surface area contributed by atoms with E-state index < -0.39 is 0 Å². The number of hydrogen-bond donors (Lipinski definition) is 1. The Hall–Kier alpha value is -2.22. The number of halogens is 1. The van der Waals surface area contributed by atoms with Crippen molar-refractivity contribution in [3.8, 4) is 17.2 Å². The lowest BCUT2D eigenvalue weighted by Gasteiger charge is -2.11. The molecule has 0 atom stereocenters. The average Bonchev–Trinajstić information content (AvgIpc) is 3.00. The second kappa shape index (κ2) is 9.82. The number of carbonyl (C=O) groups is 1. The zero-order valence-electron chi connectivity index (χ0n) is 15.1. The van der Waals surface area contributed by atoms with Gasteiger partial charge in [-0.15, -0.1) is 0 Å². The zero-order chi connectivity index (χ0) is 19.9. The minimum Gasteiger partial charge on any atom is -0.497 e. The van der Waals surface area contributed by atoms with Crippen LogP contribution in [0.3, 0.4) is 0 Å². The van der Waals surface area contributed by atoms with E-state index in [4.69, 9.17) is 38.0 Å². The minimum absolute atomic E-state index is 0.215. The Morgan fingerprint density at radius 1 is 1.14 bits per heavy atom. The first-order valence-electron chi connectivity index (χ1n) is 8.49. The Labute approximate surface area is 178 Å². The van der Waals surface area contributed by atoms with E-state index in [-0.39, 0.29) is 5.91 Å². The van der Waals surface area contributed by atoms with E-state index >= 15 is 0 Å². The number of amides is 1. The van der Waals surface area contributed by atoms with Crippen LogP contribution < -0.4 is 19.5 Å². The summed E-state index contributed by atoms with van der Waals surface area (Å²) in [6.45, 7) is 0.962. The fourth-order valence-electron chi connectivity index (χ4n) is 2.45. The molecule has 1 aliphatic heterocycles. The van der Waals surface area contributed by atoms with Crippen LogP contribution in [0, 0.1) is 0 Å². The first kappa shape index (κ1) is 20.5. The quantitative estimate of drug-likeness (QED) is 0.369. The molecule has 2 aromatic carbocycles. The fourth-order valence-corrected chi connectivity index (χ4v) is 3.66. The topological polar surface area (TPSA) is 56.8 Å². The van der Waals surface area contributed by atoms with Crippen LogP contribution in [-0.4, -0.2) is 30.6 Å². The molecule has 1 fully saturated rings. The van der Waals surface area contributed by atoms with Crippen LogP contribution in [-0.2, 0) is 4.79 Å². The van der Waals surface area contributed by atoms with Crippen molar-refractivity contribution >= 4 is 51.9 Å². The van der Waals surface area contributed by atoms with Gasteiger partial charge in [0.05, 0.1) is 25.2 Å². The molecule has 0 bridgehead atoms. The summed E-state index contributed by atoms with van der Waals surface area (Å²) in [7, 11) is 1.62.